The summed E-state index contributed by atoms with van der Waals surface area (Å²) in [6, 6.07) is 17.3. The maximum absolute atomic E-state index is 5.80. The summed E-state index contributed by atoms with van der Waals surface area (Å²) < 4.78 is 5.47. The summed E-state index contributed by atoms with van der Waals surface area (Å²) in [6.45, 7) is 0.746. The van der Waals surface area contributed by atoms with Crippen molar-refractivity contribution in [2.45, 2.75) is 6.42 Å². The van der Waals surface area contributed by atoms with E-state index in [-0.39, 0.29) is 0 Å². The van der Waals surface area contributed by atoms with Gasteiger partial charge in [-0.25, -0.2) is 0 Å². The van der Waals surface area contributed by atoms with E-state index < -0.39 is 0 Å². The molecule has 1 N–H and O–H groups in total. The fraction of sp³-hybridized carbons (Fsp3) is 0.133. The summed E-state index contributed by atoms with van der Waals surface area (Å²) in [4.78, 5) is 0. The van der Waals surface area contributed by atoms with Crippen LogP contribution < -0.4 is 10.1 Å². The number of hydrogen-bond donors (Lipinski definition) is 1. The van der Waals surface area contributed by atoms with Crippen molar-refractivity contribution in [1.82, 2.24) is 5.32 Å². The lowest BCUT2D eigenvalue weighted by molar-refractivity contribution is 0.532. The Morgan fingerprint density at radius 2 is 1.74 bits per heavy atom. The third-order valence-corrected chi connectivity index (χ3v) is 3.03. The topological polar surface area (TPSA) is 21.3 Å². The second kappa shape index (κ2) is 7.12. The van der Waals surface area contributed by atoms with Gasteiger partial charge in [-0.05, 0) is 48.5 Å². The van der Waals surface area contributed by atoms with Crippen LogP contribution in [0.25, 0.3) is 0 Å². The maximum atomic E-state index is 5.80. The summed E-state index contributed by atoms with van der Waals surface area (Å²) in [5.41, 5.74) is 1.27. The van der Waals surface area contributed by atoms with Crippen molar-refractivity contribution in [3.63, 3.8) is 0 Å². The van der Waals surface area contributed by atoms with E-state index in [1.807, 2.05) is 18.2 Å². The first kappa shape index (κ1) is 13.8. The van der Waals surface area contributed by atoms with Gasteiger partial charge in [-0.15, -0.1) is 0 Å². The highest BCUT2D eigenvalue weighted by atomic mass is 35.5. The molecule has 0 aliphatic carbocycles. The fourth-order valence-corrected chi connectivity index (χ4v) is 1.92. The monoisotopic (exact) mass is 291 g/mol. The fourth-order valence-electron chi connectivity index (χ4n) is 1.60. The Morgan fingerprint density at radius 1 is 1.05 bits per heavy atom. The number of ether oxygens (including phenoxy) is 1. The van der Waals surface area contributed by atoms with E-state index in [1.165, 1.54) is 5.56 Å². The molecule has 0 bridgehead atoms. The molecule has 0 aliphatic rings. The second-order valence-corrected chi connectivity index (χ2v) is 4.81. The molecule has 2 aromatic rings. The van der Waals surface area contributed by atoms with Gasteiger partial charge in [0.2, 0.25) is 0 Å². The average molecular weight is 292 g/mol. The van der Waals surface area contributed by atoms with Gasteiger partial charge in [-0.1, -0.05) is 41.9 Å². The zero-order chi connectivity index (χ0) is 13.5. The molecule has 0 aliphatic heterocycles. The van der Waals surface area contributed by atoms with E-state index in [4.69, 9.17) is 28.6 Å². The number of thiocarbonyl (C=S) groups is 1. The van der Waals surface area contributed by atoms with Crippen molar-refractivity contribution in [3.05, 3.63) is 65.2 Å². The molecule has 2 nitrogen and oxygen atoms in total. The molecule has 0 heterocycles. The smallest absolute Gasteiger partial charge is 0.262 e. The lowest BCUT2D eigenvalue weighted by Crippen LogP contribution is -2.28. The standard InChI is InChI=1S/C15H14ClNOS/c16-13-6-8-14(9-7-13)18-15(19)17-11-10-12-4-2-1-3-5-12/h1-9H,10-11H2,(H,17,19). The predicted molar refractivity (Wildman–Crippen MR) is 82.8 cm³/mol. The average Bonchev–Trinajstić information content (AvgIpc) is 2.43. The van der Waals surface area contributed by atoms with E-state index in [9.17, 15) is 0 Å². The highest BCUT2D eigenvalue weighted by Gasteiger charge is 2.00. The number of hydrogen-bond acceptors (Lipinski definition) is 2. The Hall–Kier alpha value is -1.58. The molecule has 2 aromatic carbocycles. The van der Waals surface area contributed by atoms with Crippen LogP contribution in [-0.4, -0.2) is 11.7 Å². The van der Waals surface area contributed by atoms with Gasteiger partial charge in [0.05, 0.1) is 0 Å². The third-order valence-electron chi connectivity index (χ3n) is 2.55. The SMILES string of the molecule is S=C(NCCc1ccccc1)Oc1ccc(Cl)cc1. The van der Waals surface area contributed by atoms with Crippen LogP contribution in [0.4, 0.5) is 0 Å². The quantitative estimate of drug-likeness (QED) is 0.865. The molecule has 0 unspecified atom stereocenters. The minimum atomic E-state index is 0.373. The van der Waals surface area contributed by atoms with E-state index in [1.54, 1.807) is 24.3 Å². The van der Waals surface area contributed by atoms with Crippen LogP contribution >= 0.6 is 23.8 Å². The van der Waals surface area contributed by atoms with Gasteiger partial charge in [0.15, 0.2) is 0 Å². The molecule has 2 rings (SSSR count). The first-order valence-corrected chi connectivity index (χ1v) is 6.78. The van der Waals surface area contributed by atoms with Crippen LogP contribution in [0.15, 0.2) is 54.6 Å². The summed E-state index contributed by atoms with van der Waals surface area (Å²) in [5, 5.41) is 4.12. The molecule has 0 amide bonds. The van der Waals surface area contributed by atoms with Crippen LogP contribution in [0.5, 0.6) is 5.75 Å². The molecular formula is C15H14ClNOS. The molecular weight excluding hydrogens is 278 g/mol. The normalized spacial score (nSPS) is 9.95. The first-order valence-electron chi connectivity index (χ1n) is 5.99. The Bertz CT molecular complexity index is 528. The van der Waals surface area contributed by atoms with Crippen LogP contribution in [0.3, 0.4) is 0 Å². The molecule has 0 aromatic heterocycles. The van der Waals surface area contributed by atoms with Crippen molar-refractivity contribution >= 4 is 29.0 Å². The van der Waals surface area contributed by atoms with Crippen molar-refractivity contribution in [3.8, 4) is 5.75 Å². The maximum Gasteiger partial charge on any atom is 0.262 e. The molecule has 98 valence electrons. The summed E-state index contributed by atoms with van der Waals surface area (Å²) in [7, 11) is 0. The zero-order valence-corrected chi connectivity index (χ0v) is 11.9. The molecule has 0 saturated heterocycles. The van der Waals surface area contributed by atoms with Crippen LogP contribution in [0.2, 0.25) is 5.02 Å². The predicted octanol–water partition coefficient (Wildman–Crippen LogP) is 3.84. The van der Waals surface area contributed by atoms with E-state index in [0.717, 1.165) is 13.0 Å². The second-order valence-electron chi connectivity index (χ2n) is 4.01. The largest absolute Gasteiger partial charge is 0.432 e. The molecule has 19 heavy (non-hydrogen) atoms. The Morgan fingerprint density at radius 3 is 2.42 bits per heavy atom. The highest BCUT2D eigenvalue weighted by Crippen LogP contribution is 2.15. The van der Waals surface area contributed by atoms with Gasteiger partial charge in [0.1, 0.15) is 5.75 Å². The summed E-state index contributed by atoms with van der Waals surface area (Å²) in [5.74, 6) is 0.682. The minimum absolute atomic E-state index is 0.373. The van der Waals surface area contributed by atoms with Crippen molar-refractivity contribution in [2.75, 3.05) is 6.54 Å². The van der Waals surface area contributed by atoms with E-state index >= 15 is 0 Å². The number of rotatable bonds is 4. The van der Waals surface area contributed by atoms with Gasteiger partial charge in [-0.2, -0.15) is 0 Å². The van der Waals surface area contributed by atoms with Gasteiger partial charge in [0.25, 0.3) is 5.17 Å². The van der Waals surface area contributed by atoms with E-state index in [2.05, 4.69) is 17.4 Å². The van der Waals surface area contributed by atoms with Crippen molar-refractivity contribution < 1.29 is 4.74 Å². The molecule has 0 atom stereocenters. The van der Waals surface area contributed by atoms with Gasteiger partial charge >= 0.3 is 0 Å². The molecule has 0 spiro atoms. The number of benzene rings is 2. The first-order chi connectivity index (χ1) is 9.24. The third kappa shape index (κ3) is 4.89. The summed E-state index contributed by atoms with van der Waals surface area (Å²) >= 11 is 10.9. The Balaban J connectivity index is 1.74. The number of halogens is 1. The lowest BCUT2D eigenvalue weighted by Gasteiger charge is -2.09. The van der Waals surface area contributed by atoms with Crippen molar-refractivity contribution in [1.29, 1.82) is 0 Å². The summed E-state index contributed by atoms with van der Waals surface area (Å²) in [6.07, 6.45) is 0.908. The van der Waals surface area contributed by atoms with Gasteiger partial charge in [-0.3, -0.25) is 0 Å². The van der Waals surface area contributed by atoms with E-state index in [0.29, 0.717) is 15.9 Å². The van der Waals surface area contributed by atoms with Gasteiger partial charge in [0, 0.05) is 11.6 Å². The van der Waals surface area contributed by atoms with Crippen LogP contribution in [0, 0.1) is 0 Å². The van der Waals surface area contributed by atoms with Crippen LogP contribution in [-0.2, 0) is 6.42 Å². The lowest BCUT2D eigenvalue weighted by atomic mass is 10.2. The van der Waals surface area contributed by atoms with Crippen LogP contribution in [0.1, 0.15) is 5.56 Å². The zero-order valence-electron chi connectivity index (χ0n) is 10.3. The minimum Gasteiger partial charge on any atom is -0.432 e. The molecule has 0 fully saturated rings. The Kier molecular flexibility index (Phi) is 5.19. The highest BCUT2D eigenvalue weighted by molar-refractivity contribution is 7.80. The molecule has 0 saturated carbocycles. The number of nitrogens with one attached hydrogen (secondary N) is 1. The molecule has 0 radical (unpaired) electrons. The van der Waals surface area contributed by atoms with Gasteiger partial charge < -0.3 is 10.1 Å². The Labute approximate surface area is 123 Å². The molecule has 4 heteroatoms. The van der Waals surface area contributed by atoms with Crippen molar-refractivity contribution in [2.24, 2.45) is 0 Å².